The number of nitrogens with zero attached hydrogens (tertiary/aromatic N) is 4. The maximum atomic E-state index is 11.0. The zero-order chi connectivity index (χ0) is 18.8. The van der Waals surface area contributed by atoms with Crippen LogP contribution < -0.4 is 10.6 Å². The summed E-state index contributed by atoms with van der Waals surface area (Å²) in [6.45, 7) is 1.76. The Bertz CT molecular complexity index is 1030. The van der Waals surface area contributed by atoms with Gasteiger partial charge < -0.3 is 10.6 Å². The number of nitro groups is 1. The molecular formula is C19H19N5O2. The summed E-state index contributed by atoms with van der Waals surface area (Å²) in [7, 11) is 3.97. The Balaban J connectivity index is 2.10. The lowest BCUT2D eigenvalue weighted by molar-refractivity contribution is -0.384. The van der Waals surface area contributed by atoms with Gasteiger partial charge in [0.1, 0.15) is 0 Å². The lowest BCUT2D eigenvalue weighted by Gasteiger charge is -2.16. The summed E-state index contributed by atoms with van der Waals surface area (Å²) in [4.78, 5) is 12.6. The van der Waals surface area contributed by atoms with Crippen molar-refractivity contribution in [3.63, 3.8) is 0 Å². The fourth-order valence-corrected chi connectivity index (χ4v) is 2.77. The molecule has 132 valence electrons. The van der Waals surface area contributed by atoms with Crippen molar-refractivity contribution in [2.75, 3.05) is 24.7 Å². The number of nitrogens with two attached hydrogens (primary N) is 1. The fourth-order valence-electron chi connectivity index (χ4n) is 2.77. The average molecular weight is 349 g/mol. The van der Waals surface area contributed by atoms with Crippen molar-refractivity contribution < 1.29 is 4.92 Å². The molecule has 3 aromatic rings. The van der Waals surface area contributed by atoms with Crippen molar-refractivity contribution in [1.82, 2.24) is 0 Å². The van der Waals surface area contributed by atoms with E-state index in [9.17, 15) is 10.1 Å². The third-order valence-electron chi connectivity index (χ3n) is 4.24. The van der Waals surface area contributed by atoms with E-state index in [0.717, 1.165) is 16.5 Å². The smallest absolute Gasteiger partial charge is 0.273 e. The SMILES string of the molecule is Cc1c(N)cc([N+](=O)[O-])cc1N=Nc1ccc(N(C)C)c2ccccc12. The highest BCUT2D eigenvalue weighted by Crippen LogP contribution is 2.35. The highest BCUT2D eigenvalue weighted by atomic mass is 16.6. The van der Waals surface area contributed by atoms with Gasteiger partial charge in [-0.15, -0.1) is 10.2 Å². The van der Waals surface area contributed by atoms with Crippen molar-refractivity contribution in [2.24, 2.45) is 10.2 Å². The molecule has 0 radical (unpaired) electrons. The first-order valence-electron chi connectivity index (χ1n) is 8.04. The minimum absolute atomic E-state index is 0.102. The molecule has 3 rings (SSSR count). The molecule has 0 aromatic heterocycles. The van der Waals surface area contributed by atoms with E-state index < -0.39 is 4.92 Å². The molecule has 0 aliphatic rings. The van der Waals surface area contributed by atoms with Crippen LogP contribution in [-0.2, 0) is 0 Å². The van der Waals surface area contributed by atoms with E-state index in [2.05, 4.69) is 10.2 Å². The highest BCUT2D eigenvalue weighted by Gasteiger charge is 2.13. The molecule has 0 saturated heterocycles. The first kappa shape index (κ1) is 17.3. The Labute approximate surface area is 150 Å². The second-order valence-corrected chi connectivity index (χ2v) is 6.18. The van der Waals surface area contributed by atoms with Gasteiger partial charge in [-0.1, -0.05) is 24.3 Å². The molecule has 0 saturated carbocycles. The average Bonchev–Trinajstić information content (AvgIpc) is 2.62. The van der Waals surface area contributed by atoms with Crippen molar-refractivity contribution in [2.45, 2.75) is 6.92 Å². The molecule has 0 amide bonds. The molecule has 0 aliphatic carbocycles. The minimum Gasteiger partial charge on any atom is -0.398 e. The summed E-state index contributed by atoms with van der Waals surface area (Å²) in [5, 5.41) is 21.6. The van der Waals surface area contributed by atoms with Crippen LogP contribution in [0.2, 0.25) is 0 Å². The van der Waals surface area contributed by atoms with Gasteiger partial charge in [0.2, 0.25) is 0 Å². The molecule has 0 fully saturated rings. The van der Waals surface area contributed by atoms with Crippen molar-refractivity contribution in [3.8, 4) is 0 Å². The van der Waals surface area contributed by atoms with Crippen LogP contribution in [0.5, 0.6) is 0 Å². The van der Waals surface area contributed by atoms with Gasteiger partial charge in [-0.3, -0.25) is 10.1 Å². The molecule has 3 aromatic carbocycles. The maximum absolute atomic E-state index is 11.0. The Morgan fingerprint density at radius 3 is 2.31 bits per heavy atom. The predicted molar refractivity (Wildman–Crippen MR) is 105 cm³/mol. The number of non-ortho nitro benzene ring substituents is 1. The zero-order valence-corrected chi connectivity index (χ0v) is 14.8. The first-order valence-corrected chi connectivity index (χ1v) is 8.04. The van der Waals surface area contributed by atoms with Gasteiger partial charge in [-0.05, 0) is 24.6 Å². The van der Waals surface area contributed by atoms with Crippen LogP contribution in [-0.4, -0.2) is 19.0 Å². The minimum atomic E-state index is -0.490. The van der Waals surface area contributed by atoms with Crippen LogP contribution in [0, 0.1) is 17.0 Å². The number of azo groups is 1. The third-order valence-corrected chi connectivity index (χ3v) is 4.24. The van der Waals surface area contributed by atoms with Crippen LogP contribution in [0.1, 0.15) is 5.56 Å². The molecule has 0 atom stereocenters. The topological polar surface area (TPSA) is 97.1 Å². The summed E-state index contributed by atoms with van der Waals surface area (Å²) < 4.78 is 0. The molecule has 0 spiro atoms. The van der Waals surface area contributed by atoms with Crippen LogP contribution in [0.3, 0.4) is 0 Å². The van der Waals surface area contributed by atoms with Crippen LogP contribution in [0.4, 0.5) is 28.4 Å². The van der Waals surface area contributed by atoms with Gasteiger partial charge >= 0.3 is 0 Å². The number of nitro benzene ring substituents is 1. The molecule has 0 bridgehead atoms. The number of fused-ring (bicyclic) bond motifs is 1. The quantitative estimate of drug-likeness (QED) is 0.306. The van der Waals surface area contributed by atoms with Gasteiger partial charge in [0.15, 0.2) is 0 Å². The lowest BCUT2D eigenvalue weighted by Crippen LogP contribution is -2.08. The normalized spacial score (nSPS) is 11.2. The first-order chi connectivity index (χ1) is 12.4. The molecular weight excluding hydrogens is 330 g/mol. The van der Waals surface area contributed by atoms with Gasteiger partial charge in [-0.25, -0.2) is 0 Å². The van der Waals surface area contributed by atoms with Crippen LogP contribution >= 0.6 is 0 Å². The van der Waals surface area contributed by atoms with Crippen molar-refractivity contribution in [3.05, 3.63) is 64.2 Å². The van der Waals surface area contributed by atoms with Crippen molar-refractivity contribution >= 4 is 39.2 Å². The Hall–Kier alpha value is -3.48. The largest absolute Gasteiger partial charge is 0.398 e. The van der Waals surface area contributed by atoms with Gasteiger partial charge in [0.25, 0.3) is 5.69 Å². The van der Waals surface area contributed by atoms with E-state index in [0.29, 0.717) is 22.6 Å². The van der Waals surface area contributed by atoms with E-state index >= 15 is 0 Å². The van der Waals surface area contributed by atoms with E-state index in [-0.39, 0.29) is 5.69 Å². The number of rotatable bonds is 4. The predicted octanol–water partition coefficient (Wildman–Crippen LogP) is 5.12. The molecule has 26 heavy (non-hydrogen) atoms. The number of hydrogen-bond donors (Lipinski definition) is 1. The summed E-state index contributed by atoms with van der Waals surface area (Å²) in [5.74, 6) is 0. The van der Waals surface area contributed by atoms with Crippen molar-refractivity contribution in [1.29, 1.82) is 0 Å². The van der Waals surface area contributed by atoms with E-state index in [1.165, 1.54) is 12.1 Å². The van der Waals surface area contributed by atoms with E-state index in [1.807, 2.05) is 55.4 Å². The zero-order valence-electron chi connectivity index (χ0n) is 14.8. The molecule has 2 N–H and O–H groups in total. The lowest BCUT2D eigenvalue weighted by atomic mass is 10.1. The molecule has 0 unspecified atom stereocenters. The number of anilines is 2. The molecule has 7 heteroatoms. The maximum Gasteiger partial charge on any atom is 0.273 e. The summed E-state index contributed by atoms with van der Waals surface area (Å²) in [5.41, 5.74) is 8.90. The summed E-state index contributed by atoms with van der Waals surface area (Å²) in [6.07, 6.45) is 0. The Morgan fingerprint density at radius 1 is 1.00 bits per heavy atom. The second kappa shape index (κ2) is 6.79. The summed E-state index contributed by atoms with van der Waals surface area (Å²) >= 11 is 0. The standard InChI is InChI=1S/C19H19N5O2/c1-12-16(20)10-13(24(25)26)11-18(12)22-21-17-8-9-19(23(2)3)15-7-5-4-6-14(15)17/h4-11H,20H2,1-3H3. The summed E-state index contributed by atoms with van der Waals surface area (Å²) in [6, 6.07) is 14.5. The monoisotopic (exact) mass is 349 g/mol. The number of benzene rings is 3. The van der Waals surface area contributed by atoms with Gasteiger partial charge in [0, 0.05) is 48.4 Å². The highest BCUT2D eigenvalue weighted by molar-refractivity contribution is 6.01. The molecule has 0 heterocycles. The van der Waals surface area contributed by atoms with Crippen LogP contribution in [0.15, 0.2) is 58.8 Å². The van der Waals surface area contributed by atoms with E-state index in [1.54, 1.807) is 6.92 Å². The van der Waals surface area contributed by atoms with Gasteiger partial charge in [0.05, 0.1) is 16.3 Å². The molecule has 7 nitrogen and oxygen atoms in total. The fraction of sp³-hybridized carbons (Fsp3) is 0.158. The Morgan fingerprint density at radius 2 is 1.65 bits per heavy atom. The van der Waals surface area contributed by atoms with E-state index in [4.69, 9.17) is 5.73 Å². The third kappa shape index (κ3) is 3.19. The molecule has 0 aliphatic heterocycles. The van der Waals surface area contributed by atoms with Gasteiger partial charge in [-0.2, -0.15) is 0 Å². The second-order valence-electron chi connectivity index (χ2n) is 6.18. The Kier molecular flexibility index (Phi) is 4.53. The number of nitrogen functional groups attached to an aromatic ring is 1. The van der Waals surface area contributed by atoms with Crippen LogP contribution in [0.25, 0.3) is 10.8 Å². The number of hydrogen-bond acceptors (Lipinski definition) is 6.